The van der Waals surface area contributed by atoms with Gasteiger partial charge in [-0.1, -0.05) is 18.2 Å². The van der Waals surface area contributed by atoms with Crippen LogP contribution in [0.3, 0.4) is 0 Å². The molecule has 0 aliphatic rings. The molecule has 0 aromatic heterocycles. The lowest BCUT2D eigenvalue weighted by Gasteiger charge is -1.96. The molecular weight excluding hydrogens is 115 g/mol. The number of halogens is 1. The maximum absolute atomic E-state index is 12.0. The van der Waals surface area contributed by atoms with Crippen molar-refractivity contribution in [2.45, 2.75) is 13.6 Å². The summed E-state index contributed by atoms with van der Waals surface area (Å²) in [6.45, 7) is 1.51. The summed E-state index contributed by atoms with van der Waals surface area (Å²) in [5.41, 5.74) is 1.73. The molecule has 0 bridgehead atoms. The number of hydrogen-bond acceptors (Lipinski definition) is 0. The number of rotatable bonds is 1. The van der Waals surface area contributed by atoms with Gasteiger partial charge in [-0.05, 0) is 24.1 Å². The minimum atomic E-state index is -0.374. The lowest BCUT2D eigenvalue weighted by Crippen LogP contribution is -1.81. The van der Waals surface area contributed by atoms with Crippen LogP contribution < -0.4 is 0 Å². The van der Waals surface area contributed by atoms with Gasteiger partial charge in [0.15, 0.2) is 0 Å². The summed E-state index contributed by atoms with van der Waals surface area (Å²) in [6, 6.07) is 8.12. The van der Waals surface area contributed by atoms with E-state index in [2.05, 4.69) is 6.07 Å². The third-order valence-corrected chi connectivity index (χ3v) is 1.33. The zero-order chi connectivity index (χ0) is 6.69. The second-order valence-corrected chi connectivity index (χ2v) is 1.99. The molecule has 0 nitrogen and oxygen atoms in total. The molecule has 0 saturated heterocycles. The van der Waals surface area contributed by atoms with Crippen molar-refractivity contribution in [3.8, 4) is 0 Å². The maximum Gasteiger partial charge on any atom is 0.115 e. The zero-order valence-corrected chi connectivity index (χ0v) is 5.32. The van der Waals surface area contributed by atoms with Crippen molar-refractivity contribution in [2.75, 3.05) is 0 Å². The number of hydrogen-bond donors (Lipinski definition) is 0. The Bertz CT molecular complexity index is 194. The van der Waals surface area contributed by atoms with Crippen molar-refractivity contribution < 1.29 is 4.39 Å². The summed E-state index contributed by atoms with van der Waals surface area (Å²) >= 11 is 0. The molecule has 1 radical (unpaired) electrons. The fourth-order valence-electron chi connectivity index (χ4n) is 0.696. The van der Waals surface area contributed by atoms with Gasteiger partial charge in [0.1, 0.15) is 6.67 Å². The smallest absolute Gasteiger partial charge is 0.115 e. The van der Waals surface area contributed by atoms with Crippen molar-refractivity contribution in [1.82, 2.24) is 0 Å². The molecule has 0 atom stereocenters. The average molecular weight is 123 g/mol. The largest absolute Gasteiger partial charge is 0.246 e. The molecule has 0 spiro atoms. The fraction of sp³-hybridized carbons (Fsp3) is 0.250. The van der Waals surface area contributed by atoms with Crippen LogP contribution in [0.15, 0.2) is 18.2 Å². The molecule has 0 unspecified atom stereocenters. The lowest BCUT2D eigenvalue weighted by atomic mass is 10.1. The van der Waals surface area contributed by atoms with Gasteiger partial charge in [-0.3, -0.25) is 0 Å². The number of alkyl halides is 1. The Morgan fingerprint density at radius 3 is 2.89 bits per heavy atom. The molecule has 47 valence electrons. The predicted octanol–water partition coefficient (Wildman–Crippen LogP) is 2.26. The zero-order valence-electron chi connectivity index (χ0n) is 5.32. The summed E-state index contributed by atoms with van der Waals surface area (Å²) in [6.07, 6.45) is 0. The molecule has 1 aromatic rings. The van der Waals surface area contributed by atoms with Gasteiger partial charge in [0, 0.05) is 0 Å². The highest BCUT2D eigenvalue weighted by atomic mass is 19.1. The van der Waals surface area contributed by atoms with E-state index >= 15 is 0 Å². The molecule has 0 N–H and O–H groups in total. The van der Waals surface area contributed by atoms with Gasteiger partial charge in [-0.2, -0.15) is 0 Å². The van der Waals surface area contributed by atoms with Crippen molar-refractivity contribution in [1.29, 1.82) is 0 Å². The van der Waals surface area contributed by atoms with Gasteiger partial charge in [0.2, 0.25) is 0 Å². The first-order valence-electron chi connectivity index (χ1n) is 2.86. The molecule has 1 aromatic carbocycles. The van der Waals surface area contributed by atoms with Crippen molar-refractivity contribution in [3.63, 3.8) is 0 Å². The van der Waals surface area contributed by atoms with E-state index in [1.807, 2.05) is 6.92 Å². The highest BCUT2D eigenvalue weighted by Gasteiger charge is 1.92. The third kappa shape index (κ3) is 1.28. The van der Waals surface area contributed by atoms with Crippen LogP contribution in [0, 0.1) is 13.0 Å². The van der Waals surface area contributed by atoms with Gasteiger partial charge >= 0.3 is 0 Å². The molecule has 0 heterocycles. The van der Waals surface area contributed by atoms with Gasteiger partial charge in [-0.15, -0.1) is 0 Å². The van der Waals surface area contributed by atoms with Crippen LogP contribution in [0.25, 0.3) is 0 Å². The summed E-state index contributed by atoms with van der Waals surface area (Å²) in [5, 5.41) is 0. The van der Waals surface area contributed by atoms with E-state index in [4.69, 9.17) is 0 Å². The van der Waals surface area contributed by atoms with E-state index < -0.39 is 0 Å². The van der Waals surface area contributed by atoms with Crippen LogP contribution in [0.1, 0.15) is 11.1 Å². The van der Waals surface area contributed by atoms with E-state index in [1.165, 1.54) is 0 Å². The molecule has 1 heteroatoms. The van der Waals surface area contributed by atoms with Crippen LogP contribution in [0.4, 0.5) is 4.39 Å². The Balaban J connectivity index is 3.01. The van der Waals surface area contributed by atoms with Gasteiger partial charge in [0.25, 0.3) is 0 Å². The predicted molar refractivity (Wildman–Crippen MR) is 34.8 cm³/mol. The van der Waals surface area contributed by atoms with E-state index in [0.29, 0.717) is 0 Å². The van der Waals surface area contributed by atoms with Crippen LogP contribution in [-0.4, -0.2) is 0 Å². The Morgan fingerprint density at radius 1 is 1.67 bits per heavy atom. The number of aryl methyl sites for hydroxylation is 1. The quantitative estimate of drug-likeness (QED) is 0.537. The normalized spacial score (nSPS) is 9.56. The topological polar surface area (TPSA) is 0 Å². The van der Waals surface area contributed by atoms with Crippen molar-refractivity contribution >= 4 is 0 Å². The molecule has 0 fully saturated rings. The Labute approximate surface area is 54.3 Å². The molecule has 0 saturated carbocycles. The Morgan fingerprint density at radius 2 is 2.44 bits per heavy atom. The van der Waals surface area contributed by atoms with E-state index in [0.717, 1.165) is 11.1 Å². The summed E-state index contributed by atoms with van der Waals surface area (Å²) in [5.74, 6) is 0. The fourth-order valence-corrected chi connectivity index (χ4v) is 0.696. The first-order chi connectivity index (χ1) is 4.34. The average Bonchev–Trinajstić information content (AvgIpc) is 1.89. The van der Waals surface area contributed by atoms with Gasteiger partial charge < -0.3 is 0 Å². The van der Waals surface area contributed by atoms with Gasteiger partial charge in [-0.25, -0.2) is 4.39 Å². The first kappa shape index (κ1) is 6.27. The second kappa shape index (κ2) is 2.62. The summed E-state index contributed by atoms with van der Waals surface area (Å²) < 4.78 is 12.0. The van der Waals surface area contributed by atoms with E-state index in [1.54, 1.807) is 18.2 Å². The third-order valence-electron chi connectivity index (χ3n) is 1.33. The summed E-state index contributed by atoms with van der Waals surface area (Å²) in [4.78, 5) is 0. The standard InChI is InChI=1S/C8H8F/c1-7-4-2-3-5-8(7)6-9/h3-5H,6H2,1H3. The highest BCUT2D eigenvalue weighted by Crippen LogP contribution is 2.06. The molecule has 9 heavy (non-hydrogen) atoms. The molecule has 0 aliphatic carbocycles. The minimum absolute atomic E-state index is 0.374. The SMILES string of the molecule is Cc1c[c]ccc1CF. The van der Waals surface area contributed by atoms with Crippen LogP contribution in [0.2, 0.25) is 0 Å². The minimum Gasteiger partial charge on any atom is -0.246 e. The molecule has 1 rings (SSSR count). The first-order valence-corrected chi connectivity index (χ1v) is 2.86. The second-order valence-electron chi connectivity index (χ2n) is 1.99. The van der Waals surface area contributed by atoms with Crippen molar-refractivity contribution in [3.05, 3.63) is 35.4 Å². The monoisotopic (exact) mass is 123 g/mol. The molecule has 0 amide bonds. The Kier molecular flexibility index (Phi) is 1.83. The van der Waals surface area contributed by atoms with Crippen LogP contribution in [-0.2, 0) is 6.67 Å². The lowest BCUT2D eigenvalue weighted by molar-refractivity contribution is 0.483. The summed E-state index contributed by atoms with van der Waals surface area (Å²) in [7, 11) is 0. The van der Waals surface area contributed by atoms with E-state index in [9.17, 15) is 4.39 Å². The maximum atomic E-state index is 12.0. The number of benzene rings is 1. The van der Waals surface area contributed by atoms with Crippen molar-refractivity contribution in [2.24, 2.45) is 0 Å². The van der Waals surface area contributed by atoms with Crippen LogP contribution >= 0.6 is 0 Å². The highest BCUT2D eigenvalue weighted by molar-refractivity contribution is 5.23. The van der Waals surface area contributed by atoms with Crippen LogP contribution in [0.5, 0.6) is 0 Å². The molecular formula is C8H8F. The van der Waals surface area contributed by atoms with E-state index in [-0.39, 0.29) is 6.67 Å². The van der Waals surface area contributed by atoms with Gasteiger partial charge in [0.05, 0.1) is 0 Å². The Hall–Kier alpha value is -0.850. The molecule has 0 aliphatic heterocycles.